The van der Waals surface area contributed by atoms with Gasteiger partial charge in [-0.05, 0) is 51.7 Å². The molecule has 1 saturated heterocycles. The van der Waals surface area contributed by atoms with E-state index in [4.69, 9.17) is 4.74 Å². The zero-order valence-corrected chi connectivity index (χ0v) is 12.9. The molecular weight excluding hydrogens is 271 g/mol. The Bertz CT molecular complexity index is 507. The summed E-state index contributed by atoms with van der Waals surface area (Å²) in [5.41, 5.74) is 0.389. The molecule has 0 spiro atoms. The molecule has 1 aliphatic rings. The lowest BCUT2D eigenvalue weighted by molar-refractivity contribution is 0.0932. The summed E-state index contributed by atoms with van der Waals surface area (Å²) < 4.78 is 18.5. The first kappa shape index (κ1) is 15.9. The van der Waals surface area contributed by atoms with Gasteiger partial charge in [0.15, 0.2) is 17.3 Å². The zero-order chi connectivity index (χ0) is 15.4. The molecule has 0 aliphatic carbocycles. The number of methoxy groups -OCH3 is 1. The lowest BCUT2D eigenvalue weighted by Gasteiger charge is -2.25. The van der Waals surface area contributed by atoms with Crippen LogP contribution in [0.5, 0.6) is 5.75 Å². The summed E-state index contributed by atoms with van der Waals surface area (Å²) in [4.78, 5) is 16.5. The van der Waals surface area contributed by atoms with Crippen LogP contribution in [0.1, 0.15) is 23.2 Å². The number of ketones is 1. The smallest absolute Gasteiger partial charge is 0.176 e. The number of carbonyl (C=O) groups is 1. The molecular formula is C16H23FN2O2. The van der Waals surface area contributed by atoms with Crippen molar-refractivity contribution >= 4 is 5.78 Å². The van der Waals surface area contributed by atoms with E-state index in [0.717, 1.165) is 13.1 Å². The van der Waals surface area contributed by atoms with E-state index >= 15 is 0 Å². The Balaban J connectivity index is 1.92. The highest BCUT2D eigenvalue weighted by Gasteiger charge is 2.23. The van der Waals surface area contributed by atoms with Crippen LogP contribution in [0.3, 0.4) is 0 Å². The van der Waals surface area contributed by atoms with Crippen LogP contribution in [-0.4, -0.2) is 62.5 Å². The number of carbonyl (C=O) groups excluding carboxylic acids is 1. The summed E-state index contributed by atoms with van der Waals surface area (Å²) in [7, 11) is 5.46. The van der Waals surface area contributed by atoms with Gasteiger partial charge < -0.3 is 9.64 Å². The maximum Gasteiger partial charge on any atom is 0.176 e. The Morgan fingerprint density at radius 1 is 1.52 bits per heavy atom. The second kappa shape index (κ2) is 7.00. The van der Waals surface area contributed by atoms with E-state index in [1.807, 2.05) is 11.9 Å². The number of ether oxygens (including phenoxy) is 1. The van der Waals surface area contributed by atoms with E-state index < -0.39 is 5.82 Å². The van der Waals surface area contributed by atoms with Crippen molar-refractivity contribution in [2.24, 2.45) is 0 Å². The number of halogens is 1. The van der Waals surface area contributed by atoms with E-state index in [2.05, 4.69) is 11.9 Å². The monoisotopic (exact) mass is 294 g/mol. The summed E-state index contributed by atoms with van der Waals surface area (Å²) in [6.45, 7) is 2.28. The van der Waals surface area contributed by atoms with E-state index in [1.165, 1.54) is 32.1 Å². The molecule has 0 amide bonds. The first-order valence-electron chi connectivity index (χ1n) is 7.26. The van der Waals surface area contributed by atoms with Crippen LogP contribution in [0.4, 0.5) is 4.39 Å². The fourth-order valence-electron chi connectivity index (χ4n) is 2.81. The Hall–Kier alpha value is -1.46. The molecule has 0 N–H and O–H groups in total. The molecule has 1 heterocycles. The molecule has 1 aromatic rings. The van der Waals surface area contributed by atoms with Crippen molar-refractivity contribution < 1.29 is 13.9 Å². The number of benzene rings is 1. The summed E-state index contributed by atoms with van der Waals surface area (Å²) in [5, 5.41) is 0. The van der Waals surface area contributed by atoms with Gasteiger partial charge in [-0.1, -0.05) is 0 Å². The second-order valence-electron chi connectivity index (χ2n) is 5.75. The molecule has 0 bridgehead atoms. The van der Waals surface area contributed by atoms with Gasteiger partial charge in [-0.15, -0.1) is 0 Å². The molecule has 1 atom stereocenters. The number of hydrogen-bond acceptors (Lipinski definition) is 4. The van der Waals surface area contributed by atoms with Crippen LogP contribution in [0, 0.1) is 5.82 Å². The highest BCUT2D eigenvalue weighted by atomic mass is 19.1. The van der Waals surface area contributed by atoms with Crippen molar-refractivity contribution in [2.75, 3.05) is 40.8 Å². The lowest BCUT2D eigenvalue weighted by atomic mass is 10.1. The first-order chi connectivity index (χ1) is 10.0. The number of hydrogen-bond donors (Lipinski definition) is 0. The standard InChI is InChI=1S/C16H23FN2O2/c1-18(10-13-5-4-8-19(13)2)11-15(20)12-6-7-16(21-3)14(17)9-12/h6-7,9,13H,4-5,8,10-11H2,1-3H3. The Morgan fingerprint density at radius 3 is 2.86 bits per heavy atom. The fourth-order valence-corrected chi connectivity index (χ4v) is 2.81. The largest absolute Gasteiger partial charge is 0.494 e. The molecule has 4 nitrogen and oxygen atoms in total. The molecule has 0 saturated carbocycles. The number of nitrogens with zero attached hydrogens (tertiary/aromatic N) is 2. The van der Waals surface area contributed by atoms with Gasteiger partial charge in [-0.3, -0.25) is 9.69 Å². The average Bonchev–Trinajstić information content (AvgIpc) is 2.84. The molecule has 21 heavy (non-hydrogen) atoms. The van der Waals surface area contributed by atoms with Gasteiger partial charge in [-0.25, -0.2) is 4.39 Å². The van der Waals surface area contributed by atoms with Crippen molar-refractivity contribution in [2.45, 2.75) is 18.9 Å². The van der Waals surface area contributed by atoms with Crippen LogP contribution in [0.25, 0.3) is 0 Å². The fraction of sp³-hybridized carbons (Fsp3) is 0.562. The van der Waals surface area contributed by atoms with Crippen molar-refractivity contribution in [3.63, 3.8) is 0 Å². The van der Waals surface area contributed by atoms with Gasteiger partial charge >= 0.3 is 0 Å². The summed E-state index contributed by atoms with van der Waals surface area (Å²) in [5.74, 6) is -0.409. The first-order valence-corrected chi connectivity index (χ1v) is 7.26. The molecule has 1 aromatic carbocycles. The number of likely N-dealkylation sites (N-methyl/N-ethyl adjacent to an activating group) is 2. The minimum atomic E-state index is -0.499. The Morgan fingerprint density at radius 2 is 2.29 bits per heavy atom. The Kier molecular flexibility index (Phi) is 5.31. The van der Waals surface area contributed by atoms with Crippen molar-refractivity contribution in [3.8, 4) is 5.75 Å². The summed E-state index contributed by atoms with van der Waals surface area (Å²) in [6.07, 6.45) is 2.39. The van der Waals surface area contributed by atoms with E-state index in [1.54, 1.807) is 6.07 Å². The maximum absolute atomic E-state index is 13.6. The van der Waals surface area contributed by atoms with Gasteiger partial charge in [0.25, 0.3) is 0 Å². The third-order valence-corrected chi connectivity index (χ3v) is 4.08. The van der Waals surface area contributed by atoms with Crippen LogP contribution in [-0.2, 0) is 0 Å². The minimum absolute atomic E-state index is 0.0697. The minimum Gasteiger partial charge on any atom is -0.494 e. The maximum atomic E-state index is 13.6. The van der Waals surface area contributed by atoms with Crippen LogP contribution < -0.4 is 4.74 Å². The van der Waals surface area contributed by atoms with E-state index in [-0.39, 0.29) is 11.5 Å². The predicted octanol–water partition coefficient (Wildman–Crippen LogP) is 2.04. The number of Topliss-reactive ketones (excluding diaryl/α,β-unsaturated/α-hetero) is 1. The summed E-state index contributed by atoms with van der Waals surface area (Å²) >= 11 is 0. The molecule has 1 aliphatic heterocycles. The quantitative estimate of drug-likeness (QED) is 0.752. The molecule has 116 valence electrons. The number of rotatable bonds is 6. The predicted molar refractivity (Wildman–Crippen MR) is 80.4 cm³/mol. The molecule has 0 radical (unpaired) electrons. The molecule has 1 unspecified atom stereocenters. The Labute approximate surface area is 125 Å². The van der Waals surface area contributed by atoms with Crippen molar-refractivity contribution in [1.29, 1.82) is 0 Å². The molecule has 2 rings (SSSR count). The highest BCUT2D eigenvalue weighted by Crippen LogP contribution is 2.19. The average molecular weight is 294 g/mol. The topological polar surface area (TPSA) is 32.8 Å². The van der Waals surface area contributed by atoms with Gasteiger partial charge in [0.2, 0.25) is 0 Å². The molecule has 5 heteroatoms. The highest BCUT2D eigenvalue weighted by molar-refractivity contribution is 5.97. The van der Waals surface area contributed by atoms with Gasteiger partial charge in [0.05, 0.1) is 13.7 Å². The number of likely N-dealkylation sites (tertiary alicyclic amines) is 1. The zero-order valence-electron chi connectivity index (χ0n) is 12.9. The second-order valence-corrected chi connectivity index (χ2v) is 5.75. The van der Waals surface area contributed by atoms with Gasteiger partial charge in [0, 0.05) is 18.2 Å². The van der Waals surface area contributed by atoms with Crippen molar-refractivity contribution in [3.05, 3.63) is 29.6 Å². The summed E-state index contributed by atoms with van der Waals surface area (Å²) in [6, 6.07) is 4.86. The van der Waals surface area contributed by atoms with Crippen LogP contribution in [0.2, 0.25) is 0 Å². The lowest BCUT2D eigenvalue weighted by Crippen LogP contribution is -2.38. The SMILES string of the molecule is COc1ccc(C(=O)CN(C)CC2CCCN2C)cc1F. The van der Waals surface area contributed by atoms with Gasteiger partial charge in [0.1, 0.15) is 0 Å². The molecule has 1 fully saturated rings. The van der Waals surface area contributed by atoms with Crippen LogP contribution in [0.15, 0.2) is 18.2 Å². The third-order valence-electron chi connectivity index (χ3n) is 4.08. The van der Waals surface area contributed by atoms with Gasteiger partial charge in [-0.2, -0.15) is 0 Å². The normalized spacial score (nSPS) is 19.2. The molecule has 0 aromatic heterocycles. The third kappa shape index (κ3) is 4.02. The van der Waals surface area contributed by atoms with Crippen LogP contribution >= 0.6 is 0 Å². The van der Waals surface area contributed by atoms with E-state index in [9.17, 15) is 9.18 Å². The van der Waals surface area contributed by atoms with Crippen molar-refractivity contribution in [1.82, 2.24) is 9.80 Å². The van der Waals surface area contributed by atoms with E-state index in [0.29, 0.717) is 18.2 Å².